The lowest BCUT2D eigenvalue weighted by atomic mass is 9.99. The molecular weight excluding hydrogens is 613 g/mol. The highest BCUT2D eigenvalue weighted by molar-refractivity contribution is 5.87. The molecule has 6 rings (SSSR count). The predicted molar refractivity (Wildman–Crippen MR) is 212 cm³/mol. The maximum absolute atomic E-state index is 11.6. The van der Waals surface area contributed by atoms with Gasteiger partial charge in [-0.15, -0.1) is 0 Å². The van der Waals surface area contributed by atoms with Crippen molar-refractivity contribution >= 4 is 72.1 Å². The van der Waals surface area contributed by atoms with E-state index in [1.165, 1.54) is 0 Å². The van der Waals surface area contributed by atoms with Crippen LogP contribution in [0.3, 0.4) is 0 Å². The first-order valence-corrected chi connectivity index (χ1v) is 16.4. The molecular formula is C46H36N2O2. The number of anilines is 2. The summed E-state index contributed by atoms with van der Waals surface area (Å²) in [5, 5.41) is 23.2. The Kier molecular flexibility index (Phi) is 11.4. The van der Waals surface area contributed by atoms with Gasteiger partial charge in [0.1, 0.15) is 0 Å². The summed E-state index contributed by atoms with van der Waals surface area (Å²) in [5.41, 5.74) is 15.2. The van der Waals surface area contributed by atoms with Crippen molar-refractivity contribution in [2.45, 2.75) is 0 Å². The van der Waals surface area contributed by atoms with Crippen molar-refractivity contribution in [1.82, 2.24) is 0 Å². The summed E-state index contributed by atoms with van der Waals surface area (Å²) >= 11 is 0. The van der Waals surface area contributed by atoms with E-state index >= 15 is 0 Å². The van der Waals surface area contributed by atoms with Gasteiger partial charge in [-0.3, -0.25) is 0 Å². The van der Waals surface area contributed by atoms with Crippen LogP contribution in [0.5, 0.6) is 0 Å². The van der Waals surface area contributed by atoms with Crippen molar-refractivity contribution in [3.63, 3.8) is 0 Å². The van der Waals surface area contributed by atoms with Crippen LogP contribution >= 0.6 is 0 Å². The predicted octanol–water partition coefficient (Wildman–Crippen LogP) is 12.1. The third-order valence-corrected chi connectivity index (χ3v) is 8.24. The van der Waals surface area contributed by atoms with E-state index < -0.39 is 0 Å². The lowest BCUT2D eigenvalue weighted by molar-refractivity contribution is 0.274. The SMILES string of the molecule is [O]Nc1ccc(/C=C/c2ccccc2/C=C/c2ccccc2)c(/C=C\c2ccc(N[O])cc2/C=C/c2ccccc2/C=C/c2ccccc2)c1. The van der Waals surface area contributed by atoms with Crippen molar-refractivity contribution in [1.29, 1.82) is 0 Å². The lowest BCUT2D eigenvalue weighted by Gasteiger charge is -2.08. The number of rotatable bonds is 12. The van der Waals surface area contributed by atoms with Crippen LogP contribution in [0.25, 0.3) is 60.8 Å². The van der Waals surface area contributed by atoms with E-state index in [0.717, 1.165) is 55.6 Å². The zero-order valence-electron chi connectivity index (χ0n) is 27.4. The Bertz CT molecular complexity index is 2180. The summed E-state index contributed by atoms with van der Waals surface area (Å²) in [5.74, 6) is 0. The molecule has 0 aliphatic heterocycles. The van der Waals surface area contributed by atoms with E-state index in [1.54, 1.807) is 12.1 Å². The Hall–Kier alpha value is -6.46. The van der Waals surface area contributed by atoms with Crippen molar-refractivity contribution in [2.24, 2.45) is 0 Å². The summed E-state index contributed by atoms with van der Waals surface area (Å²) in [6.45, 7) is 0. The van der Waals surface area contributed by atoms with Gasteiger partial charge in [0.2, 0.25) is 0 Å². The van der Waals surface area contributed by atoms with Crippen molar-refractivity contribution in [3.8, 4) is 0 Å². The van der Waals surface area contributed by atoms with E-state index in [0.29, 0.717) is 11.4 Å². The van der Waals surface area contributed by atoms with Crippen LogP contribution in [0.2, 0.25) is 0 Å². The lowest BCUT2D eigenvalue weighted by Crippen LogP contribution is -1.91. The van der Waals surface area contributed by atoms with E-state index in [-0.39, 0.29) is 0 Å². The first-order chi connectivity index (χ1) is 24.7. The fourth-order valence-electron chi connectivity index (χ4n) is 5.54. The minimum absolute atomic E-state index is 0.471. The second-order valence-electron chi connectivity index (χ2n) is 11.6. The first kappa shape index (κ1) is 33.4. The maximum Gasteiger partial charge on any atom is 0.0642 e. The third kappa shape index (κ3) is 9.12. The molecule has 0 saturated carbocycles. The highest BCUT2D eigenvalue weighted by Gasteiger charge is 2.04. The molecule has 4 nitrogen and oxygen atoms in total. The minimum atomic E-state index is 0.471. The summed E-state index contributed by atoms with van der Waals surface area (Å²) < 4.78 is 0. The standard InChI is InChI=1S/C46H36N2O2/c49-47-45-31-29-41(24-23-39-17-9-7-15-37(39)21-19-35-11-3-1-4-12-35)44(34-45)28-26-42-30-32-46(48-50)33-43(42)27-25-40-18-10-8-16-38(40)22-20-36-13-5-2-6-14-36/h1-34,47-48H/b21-19+,22-20+,24-23+,27-25+,28-26-. The van der Waals surface area contributed by atoms with Gasteiger partial charge in [0.15, 0.2) is 0 Å². The molecule has 2 N–H and O–H groups in total. The molecule has 2 radical (unpaired) electrons. The maximum atomic E-state index is 11.6. The third-order valence-electron chi connectivity index (χ3n) is 8.24. The molecule has 0 amide bonds. The Morgan fingerprint density at radius 3 is 0.900 bits per heavy atom. The van der Waals surface area contributed by atoms with Crippen LogP contribution < -0.4 is 11.0 Å². The van der Waals surface area contributed by atoms with E-state index in [4.69, 9.17) is 0 Å². The van der Waals surface area contributed by atoms with Gasteiger partial charge in [-0.1, -0.05) is 193 Å². The van der Waals surface area contributed by atoms with Crippen molar-refractivity contribution in [3.05, 3.63) is 201 Å². The number of benzene rings is 6. The Balaban J connectivity index is 1.29. The summed E-state index contributed by atoms with van der Waals surface area (Å²) in [7, 11) is 0. The summed E-state index contributed by atoms with van der Waals surface area (Å²) in [6, 6.07) is 47.9. The number of hydrogen-bond donors (Lipinski definition) is 2. The molecule has 0 fully saturated rings. The topological polar surface area (TPSA) is 63.9 Å². The largest absolute Gasteiger partial charge is 0.233 e. The highest BCUT2D eigenvalue weighted by Crippen LogP contribution is 2.26. The molecule has 0 spiro atoms. The Labute approximate surface area is 294 Å². The Morgan fingerprint density at radius 2 is 0.560 bits per heavy atom. The second kappa shape index (κ2) is 17.1. The molecule has 0 aliphatic rings. The fourth-order valence-corrected chi connectivity index (χ4v) is 5.54. The minimum Gasteiger partial charge on any atom is -0.233 e. The molecule has 0 aromatic heterocycles. The zero-order chi connectivity index (χ0) is 34.4. The molecule has 6 aromatic carbocycles. The van der Waals surface area contributed by atoms with Crippen LogP contribution in [0, 0.1) is 0 Å². The van der Waals surface area contributed by atoms with Gasteiger partial charge < -0.3 is 0 Å². The van der Waals surface area contributed by atoms with E-state index in [9.17, 15) is 10.4 Å². The van der Waals surface area contributed by atoms with Crippen LogP contribution in [0.4, 0.5) is 11.4 Å². The zero-order valence-corrected chi connectivity index (χ0v) is 27.4. The molecule has 0 bridgehead atoms. The highest BCUT2D eigenvalue weighted by atomic mass is 16.5. The first-order valence-electron chi connectivity index (χ1n) is 16.4. The normalized spacial score (nSPS) is 11.8. The summed E-state index contributed by atoms with van der Waals surface area (Å²) in [4.78, 5) is 0. The van der Waals surface area contributed by atoms with Gasteiger partial charge in [-0.25, -0.2) is 11.0 Å². The number of nitrogens with one attached hydrogen (secondary N) is 2. The number of hydrogen-bond acceptors (Lipinski definition) is 2. The molecule has 0 heterocycles. The Morgan fingerprint density at radius 1 is 0.280 bits per heavy atom. The second-order valence-corrected chi connectivity index (χ2v) is 11.6. The van der Waals surface area contributed by atoms with Gasteiger partial charge in [0.25, 0.3) is 0 Å². The van der Waals surface area contributed by atoms with Crippen molar-refractivity contribution < 1.29 is 10.4 Å². The smallest absolute Gasteiger partial charge is 0.0642 e. The molecule has 50 heavy (non-hydrogen) atoms. The monoisotopic (exact) mass is 648 g/mol. The van der Waals surface area contributed by atoms with Crippen LogP contribution in [0.15, 0.2) is 146 Å². The van der Waals surface area contributed by atoms with Gasteiger partial charge in [0, 0.05) is 0 Å². The molecule has 6 aromatic rings. The molecule has 0 unspecified atom stereocenters. The van der Waals surface area contributed by atoms with Gasteiger partial charge in [-0.05, 0) is 79.9 Å². The molecule has 0 atom stereocenters. The average Bonchev–Trinajstić information content (AvgIpc) is 3.18. The molecule has 0 saturated heterocycles. The van der Waals surface area contributed by atoms with Crippen molar-refractivity contribution in [2.75, 3.05) is 11.0 Å². The molecule has 0 aliphatic carbocycles. The fraction of sp³-hybridized carbons (Fsp3) is 0. The van der Waals surface area contributed by atoms with Gasteiger partial charge in [0.05, 0.1) is 11.4 Å². The van der Waals surface area contributed by atoms with Crippen LogP contribution in [-0.4, -0.2) is 0 Å². The molecule has 4 heteroatoms. The summed E-state index contributed by atoms with van der Waals surface area (Å²) in [6.07, 6.45) is 20.7. The van der Waals surface area contributed by atoms with Crippen LogP contribution in [0.1, 0.15) is 55.6 Å². The van der Waals surface area contributed by atoms with Gasteiger partial charge in [-0.2, -0.15) is 0 Å². The van der Waals surface area contributed by atoms with E-state index in [1.807, 2.05) is 114 Å². The average molecular weight is 649 g/mol. The van der Waals surface area contributed by atoms with Crippen LogP contribution in [-0.2, 0) is 10.4 Å². The molecule has 242 valence electrons. The quantitative estimate of drug-likeness (QED) is 0.102. The van der Waals surface area contributed by atoms with Gasteiger partial charge >= 0.3 is 0 Å². The van der Waals surface area contributed by atoms with E-state index in [2.05, 4.69) is 91.1 Å².